The minimum atomic E-state index is -0.363. The maximum atomic E-state index is 12.4. The van der Waals surface area contributed by atoms with Gasteiger partial charge in [-0.1, -0.05) is 12.1 Å². The van der Waals surface area contributed by atoms with Crippen LogP contribution < -0.4 is 25.0 Å². The molecule has 3 amide bonds. The van der Waals surface area contributed by atoms with Crippen molar-refractivity contribution in [3.8, 4) is 11.5 Å². The van der Waals surface area contributed by atoms with E-state index < -0.39 is 0 Å². The van der Waals surface area contributed by atoms with Crippen LogP contribution in [0.1, 0.15) is 20.3 Å². The van der Waals surface area contributed by atoms with Gasteiger partial charge in [0, 0.05) is 18.7 Å². The first-order valence-electron chi connectivity index (χ1n) is 9.43. The van der Waals surface area contributed by atoms with Crippen molar-refractivity contribution in [3.05, 3.63) is 48.5 Å². The van der Waals surface area contributed by atoms with Crippen molar-refractivity contribution in [3.63, 3.8) is 0 Å². The molecule has 0 aromatic heterocycles. The van der Waals surface area contributed by atoms with Crippen molar-refractivity contribution in [2.75, 3.05) is 30.0 Å². The Kier molecular flexibility index (Phi) is 6.37. The van der Waals surface area contributed by atoms with Crippen LogP contribution in [-0.2, 0) is 4.79 Å². The molecular formula is C21H25N3O4. The Morgan fingerprint density at radius 3 is 2.50 bits per heavy atom. The van der Waals surface area contributed by atoms with Gasteiger partial charge in [0.25, 0.3) is 0 Å². The molecule has 1 saturated heterocycles. The zero-order chi connectivity index (χ0) is 19.9. The number of nitrogens with zero attached hydrogens (tertiary/aromatic N) is 1. The molecule has 28 heavy (non-hydrogen) atoms. The van der Waals surface area contributed by atoms with Gasteiger partial charge in [-0.3, -0.25) is 4.79 Å². The Bertz CT molecular complexity index is 823. The van der Waals surface area contributed by atoms with E-state index in [0.717, 1.165) is 11.4 Å². The number of ether oxygens (including phenoxy) is 2. The van der Waals surface area contributed by atoms with Crippen LogP contribution >= 0.6 is 0 Å². The molecule has 0 saturated carbocycles. The number of urea groups is 1. The average molecular weight is 383 g/mol. The van der Waals surface area contributed by atoms with Gasteiger partial charge in [0.15, 0.2) is 0 Å². The minimum Gasteiger partial charge on any atom is -0.494 e. The highest BCUT2D eigenvalue weighted by molar-refractivity contribution is 5.98. The summed E-state index contributed by atoms with van der Waals surface area (Å²) in [5.41, 5.74) is 1.38. The smallest absolute Gasteiger partial charge is 0.319 e. The Labute approximate surface area is 164 Å². The Morgan fingerprint density at radius 2 is 1.79 bits per heavy atom. The Balaban J connectivity index is 1.59. The van der Waals surface area contributed by atoms with Crippen LogP contribution in [0.3, 0.4) is 0 Å². The van der Waals surface area contributed by atoms with Gasteiger partial charge in [-0.25, -0.2) is 4.79 Å². The van der Waals surface area contributed by atoms with Gasteiger partial charge in [-0.2, -0.15) is 0 Å². The highest BCUT2D eigenvalue weighted by Crippen LogP contribution is 2.25. The monoisotopic (exact) mass is 383 g/mol. The number of hydrogen-bond acceptors (Lipinski definition) is 4. The number of nitrogens with one attached hydrogen (secondary N) is 2. The van der Waals surface area contributed by atoms with Gasteiger partial charge >= 0.3 is 6.03 Å². The third kappa shape index (κ3) is 4.73. The van der Waals surface area contributed by atoms with Crippen LogP contribution in [-0.4, -0.2) is 37.7 Å². The summed E-state index contributed by atoms with van der Waals surface area (Å²) in [5, 5.41) is 5.66. The van der Waals surface area contributed by atoms with E-state index in [9.17, 15) is 9.59 Å². The van der Waals surface area contributed by atoms with Gasteiger partial charge in [0.1, 0.15) is 11.5 Å². The summed E-state index contributed by atoms with van der Waals surface area (Å²) in [5.74, 6) is 1.35. The summed E-state index contributed by atoms with van der Waals surface area (Å²) < 4.78 is 10.9. The molecule has 2 aromatic rings. The van der Waals surface area contributed by atoms with Crippen molar-refractivity contribution in [1.29, 1.82) is 0 Å². The van der Waals surface area contributed by atoms with Crippen molar-refractivity contribution in [2.45, 2.75) is 26.3 Å². The maximum Gasteiger partial charge on any atom is 0.319 e. The first-order chi connectivity index (χ1) is 13.6. The molecule has 148 valence electrons. The van der Waals surface area contributed by atoms with Crippen LogP contribution in [0.2, 0.25) is 0 Å². The van der Waals surface area contributed by atoms with E-state index in [0.29, 0.717) is 31.2 Å². The first kappa shape index (κ1) is 19.5. The lowest BCUT2D eigenvalue weighted by atomic mass is 10.2. The number of anilines is 2. The number of benzene rings is 2. The highest BCUT2D eigenvalue weighted by Gasteiger charge is 2.31. The van der Waals surface area contributed by atoms with Gasteiger partial charge in [0.05, 0.1) is 24.9 Å². The molecule has 0 spiro atoms. The van der Waals surface area contributed by atoms with Gasteiger partial charge in [-0.05, 0) is 50.2 Å². The van der Waals surface area contributed by atoms with E-state index in [1.807, 2.05) is 50.2 Å². The molecule has 1 unspecified atom stereocenters. The molecular weight excluding hydrogens is 358 g/mol. The SMILES string of the molecule is CCOc1ccc(N2CC(NC(=O)Nc3ccccc3OCC)CC2=O)cc1. The van der Waals surface area contributed by atoms with E-state index in [1.165, 1.54) is 0 Å². The Hall–Kier alpha value is -3.22. The normalized spacial score (nSPS) is 16.0. The molecule has 7 nitrogen and oxygen atoms in total. The molecule has 0 radical (unpaired) electrons. The molecule has 7 heteroatoms. The zero-order valence-electron chi connectivity index (χ0n) is 16.1. The molecule has 3 rings (SSSR count). The fourth-order valence-corrected chi connectivity index (χ4v) is 3.14. The van der Waals surface area contributed by atoms with Crippen molar-refractivity contribution < 1.29 is 19.1 Å². The lowest BCUT2D eigenvalue weighted by molar-refractivity contribution is -0.117. The van der Waals surface area contributed by atoms with Gasteiger partial charge in [0.2, 0.25) is 5.91 Å². The predicted molar refractivity (Wildman–Crippen MR) is 108 cm³/mol. The van der Waals surface area contributed by atoms with Crippen molar-refractivity contribution >= 4 is 23.3 Å². The third-order valence-corrected chi connectivity index (χ3v) is 4.35. The number of hydrogen-bond donors (Lipinski definition) is 2. The van der Waals surface area contributed by atoms with E-state index in [-0.39, 0.29) is 24.4 Å². The molecule has 0 bridgehead atoms. The second-order valence-corrected chi connectivity index (χ2v) is 6.36. The predicted octanol–water partition coefficient (Wildman–Crippen LogP) is 3.41. The number of para-hydroxylation sites is 2. The van der Waals surface area contributed by atoms with Crippen molar-refractivity contribution in [1.82, 2.24) is 5.32 Å². The molecule has 1 fully saturated rings. The second-order valence-electron chi connectivity index (χ2n) is 6.36. The van der Waals surface area contributed by atoms with Crippen LogP contribution in [0.4, 0.5) is 16.2 Å². The summed E-state index contributed by atoms with van der Waals surface area (Å²) in [6, 6.07) is 14.0. The average Bonchev–Trinajstić information content (AvgIpc) is 3.04. The zero-order valence-corrected chi connectivity index (χ0v) is 16.1. The number of amides is 3. The summed E-state index contributed by atoms with van der Waals surface area (Å²) in [6.45, 7) is 5.33. The molecule has 2 N–H and O–H groups in total. The minimum absolute atomic E-state index is 0.0239. The summed E-state index contributed by atoms with van der Waals surface area (Å²) in [7, 11) is 0. The number of rotatable bonds is 7. The summed E-state index contributed by atoms with van der Waals surface area (Å²) in [4.78, 5) is 26.4. The van der Waals surface area contributed by atoms with Gasteiger partial charge in [-0.15, -0.1) is 0 Å². The van der Waals surface area contributed by atoms with E-state index in [2.05, 4.69) is 10.6 Å². The topological polar surface area (TPSA) is 79.9 Å². The molecule has 1 heterocycles. The standard InChI is InChI=1S/C21H25N3O4/c1-3-27-17-11-9-16(10-12-17)24-14-15(13-20(24)25)22-21(26)23-18-7-5-6-8-19(18)28-4-2/h5-12,15H,3-4,13-14H2,1-2H3,(H2,22,23,26). The largest absolute Gasteiger partial charge is 0.494 e. The van der Waals surface area contributed by atoms with Crippen LogP contribution in [0, 0.1) is 0 Å². The third-order valence-electron chi connectivity index (χ3n) is 4.35. The molecule has 1 atom stereocenters. The number of carbonyl (C=O) groups is 2. The van der Waals surface area contributed by atoms with Crippen LogP contribution in [0.5, 0.6) is 11.5 Å². The molecule has 2 aromatic carbocycles. The molecule has 1 aliphatic rings. The lowest BCUT2D eigenvalue weighted by Crippen LogP contribution is -2.39. The molecule has 0 aliphatic carbocycles. The molecule has 1 aliphatic heterocycles. The summed E-state index contributed by atoms with van der Waals surface area (Å²) >= 11 is 0. The van der Waals surface area contributed by atoms with Crippen LogP contribution in [0.15, 0.2) is 48.5 Å². The fourth-order valence-electron chi connectivity index (χ4n) is 3.14. The second kappa shape index (κ2) is 9.12. The quantitative estimate of drug-likeness (QED) is 0.768. The lowest BCUT2D eigenvalue weighted by Gasteiger charge is -2.18. The maximum absolute atomic E-state index is 12.4. The highest BCUT2D eigenvalue weighted by atomic mass is 16.5. The van der Waals surface area contributed by atoms with Crippen molar-refractivity contribution in [2.24, 2.45) is 0 Å². The summed E-state index contributed by atoms with van der Waals surface area (Å²) in [6.07, 6.45) is 0.258. The van der Waals surface area contributed by atoms with E-state index in [4.69, 9.17) is 9.47 Å². The Morgan fingerprint density at radius 1 is 1.07 bits per heavy atom. The van der Waals surface area contributed by atoms with Crippen LogP contribution in [0.25, 0.3) is 0 Å². The number of carbonyl (C=O) groups excluding carboxylic acids is 2. The van der Waals surface area contributed by atoms with E-state index in [1.54, 1.807) is 17.0 Å². The van der Waals surface area contributed by atoms with E-state index >= 15 is 0 Å². The fraction of sp³-hybridized carbons (Fsp3) is 0.333. The first-order valence-corrected chi connectivity index (χ1v) is 9.43. The van der Waals surface area contributed by atoms with Gasteiger partial charge < -0.3 is 25.0 Å².